The average Bonchev–Trinajstić information content (AvgIpc) is 2.61. The Labute approximate surface area is 161 Å². The van der Waals surface area contributed by atoms with E-state index in [1.807, 2.05) is 13.8 Å². The van der Waals surface area contributed by atoms with Gasteiger partial charge in [0.15, 0.2) is 11.5 Å². The van der Waals surface area contributed by atoms with Gasteiger partial charge in [0.05, 0.1) is 20.4 Å². The minimum absolute atomic E-state index is 0.0747. The van der Waals surface area contributed by atoms with Crippen LogP contribution in [0.1, 0.15) is 31.9 Å². The fraction of sp³-hybridized carbons (Fsp3) is 0.562. The minimum Gasteiger partial charge on any atom is -0.493 e. The Hall–Kier alpha value is -1.61. The van der Waals surface area contributed by atoms with Gasteiger partial charge in [-0.25, -0.2) is 4.79 Å². The van der Waals surface area contributed by atoms with Crippen LogP contribution >= 0.6 is 19.4 Å². The number of carbonyl (C=O) groups excluding carboxylic acids is 1. The van der Waals surface area contributed by atoms with Crippen LogP contribution in [0.3, 0.4) is 0 Å². The Kier molecular flexibility index (Phi) is 9.25. The summed E-state index contributed by atoms with van der Waals surface area (Å²) in [4.78, 5) is 41.0. The van der Waals surface area contributed by atoms with Crippen molar-refractivity contribution in [2.75, 3.05) is 26.1 Å². The van der Waals surface area contributed by atoms with E-state index in [0.717, 1.165) is 11.8 Å². The van der Waals surface area contributed by atoms with E-state index < -0.39 is 19.0 Å². The van der Waals surface area contributed by atoms with Crippen LogP contribution in [0, 0.1) is 10.8 Å². The minimum atomic E-state index is -4.08. The van der Waals surface area contributed by atoms with Crippen molar-refractivity contribution >= 4 is 30.3 Å². The lowest BCUT2D eigenvalue weighted by molar-refractivity contribution is 0.0928. The molecule has 1 rings (SSSR count). The first-order valence-corrected chi connectivity index (χ1v) is 10.9. The summed E-state index contributed by atoms with van der Waals surface area (Å²) in [6.45, 7) is 3.64. The third-order valence-electron chi connectivity index (χ3n) is 3.58. The van der Waals surface area contributed by atoms with Crippen LogP contribution in [0.5, 0.6) is 11.5 Å². The van der Waals surface area contributed by atoms with Crippen molar-refractivity contribution in [3.8, 4) is 11.5 Å². The van der Waals surface area contributed by atoms with Crippen molar-refractivity contribution in [2.24, 2.45) is 11.1 Å². The molecular weight excluding hydrogens is 397 g/mol. The second-order valence-electron chi connectivity index (χ2n) is 5.98. The summed E-state index contributed by atoms with van der Waals surface area (Å²) >= 11 is 0.819. The lowest BCUT2D eigenvalue weighted by Gasteiger charge is -2.23. The zero-order chi connectivity index (χ0) is 20.6. The number of hydrogen-bond donors (Lipinski definition) is 2. The number of nitroso groups, excluding NO2 is 1. The van der Waals surface area contributed by atoms with E-state index in [0.29, 0.717) is 17.1 Å². The van der Waals surface area contributed by atoms with Gasteiger partial charge in [0, 0.05) is 17.4 Å². The van der Waals surface area contributed by atoms with Gasteiger partial charge in [0.1, 0.15) is 11.8 Å². The fourth-order valence-corrected chi connectivity index (χ4v) is 3.72. The quantitative estimate of drug-likeness (QED) is 0.246. The summed E-state index contributed by atoms with van der Waals surface area (Å²) < 4.78 is 26.7. The maximum Gasteiger partial charge on any atom is 0.367 e. The molecule has 1 atom stereocenters. The van der Waals surface area contributed by atoms with Gasteiger partial charge in [-0.1, -0.05) is 13.8 Å². The molecule has 0 fully saturated rings. The predicted molar refractivity (Wildman–Crippen MR) is 103 cm³/mol. The first-order chi connectivity index (χ1) is 12.6. The normalized spacial score (nSPS) is 12.6. The highest BCUT2D eigenvalue weighted by Gasteiger charge is 2.26. The summed E-state index contributed by atoms with van der Waals surface area (Å²) in [6, 6.07) is 2.96. The predicted octanol–water partition coefficient (Wildman–Crippen LogP) is 4.24. The Morgan fingerprint density at radius 1 is 1.22 bits per heavy atom. The van der Waals surface area contributed by atoms with Gasteiger partial charge in [-0.15, -0.1) is 4.91 Å². The molecule has 2 N–H and O–H groups in total. The number of thioether (sulfide) groups is 1. The molecule has 0 aliphatic rings. The molecule has 9 nitrogen and oxygen atoms in total. The van der Waals surface area contributed by atoms with Gasteiger partial charge >= 0.3 is 12.9 Å². The zero-order valence-electron chi connectivity index (χ0n) is 15.6. The first kappa shape index (κ1) is 23.4. The van der Waals surface area contributed by atoms with E-state index in [9.17, 15) is 14.3 Å². The smallest absolute Gasteiger partial charge is 0.367 e. The van der Waals surface area contributed by atoms with E-state index in [1.54, 1.807) is 6.07 Å². The molecule has 27 heavy (non-hydrogen) atoms. The highest BCUT2D eigenvalue weighted by atomic mass is 32.2. The van der Waals surface area contributed by atoms with Gasteiger partial charge in [-0.3, -0.25) is 4.57 Å². The van der Waals surface area contributed by atoms with Gasteiger partial charge in [-0.05, 0) is 35.3 Å². The topological polar surface area (TPSA) is 132 Å². The lowest BCUT2D eigenvalue weighted by Crippen LogP contribution is -2.14. The van der Waals surface area contributed by atoms with E-state index in [2.05, 4.69) is 5.18 Å². The molecule has 0 amide bonds. The number of carbonyl (C=O) groups is 1. The monoisotopic (exact) mass is 421 g/mol. The van der Waals surface area contributed by atoms with Crippen molar-refractivity contribution in [3.05, 3.63) is 22.6 Å². The molecule has 1 aromatic rings. The van der Waals surface area contributed by atoms with Crippen LogP contribution in [0.2, 0.25) is 0 Å². The number of nitrogens with zero attached hydrogens (tertiary/aromatic N) is 1. The average molecular weight is 421 g/mol. The number of hydrogen-bond acceptors (Lipinski definition) is 8. The molecule has 0 heterocycles. The largest absolute Gasteiger partial charge is 0.493 e. The van der Waals surface area contributed by atoms with Crippen molar-refractivity contribution in [3.63, 3.8) is 0 Å². The van der Waals surface area contributed by atoms with E-state index in [-0.39, 0.29) is 29.9 Å². The molecule has 0 radical (unpaired) electrons. The first-order valence-electron chi connectivity index (χ1n) is 8.10. The molecule has 0 saturated carbocycles. The van der Waals surface area contributed by atoms with E-state index in [1.165, 1.54) is 20.3 Å². The standard InChI is InChI=1S/C16H24NO8PS/c1-10(2)15(25-16(18)27-7-5-6-26(20,21)22)11-8-13(23-3)14(24-4)9-12(11)17-19/h8-10,15H,5-7H2,1-4H3,(H2,20,21,22). The number of benzene rings is 1. The lowest BCUT2D eigenvalue weighted by atomic mass is 9.97. The molecule has 0 aliphatic heterocycles. The molecule has 1 unspecified atom stereocenters. The maximum absolute atomic E-state index is 12.1. The van der Waals surface area contributed by atoms with Crippen LogP contribution in [0.15, 0.2) is 17.3 Å². The molecule has 11 heteroatoms. The molecule has 0 bridgehead atoms. The Morgan fingerprint density at radius 2 is 1.81 bits per heavy atom. The fourth-order valence-electron chi connectivity index (χ4n) is 2.31. The van der Waals surface area contributed by atoms with Crippen molar-refractivity contribution in [2.45, 2.75) is 26.4 Å². The molecule has 152 valence electrons. The number of rotatable bonds is 10. The maximum atomic E-state index is 12.1. The molecule has 0 aromatic heterocycles. The second kappa shape index (κ2) is 10.7. The Balaban J connectivity index is 2.94. The van der Waals surface area contributed by atoms with Gasteiger partial charge in [0.25, 0.3) is 0 Å². The molecular formula is C16H24NO8PS. The summed E-state index contributed by atoms with van der Waals surface area (Å²) in [7, 11) is -1.20. The summed E-state index contributed by atoms with van der Waals surface area (Å²) in [5, 5.41) is 2.39. The Bertz CT molecular complexity index is 706. The molecule has 0 saturated heterocycles. The van der Waals surface area contributed by atoms with Gasteiger partial charge in [-0.2, -0.15) is 0 Å². The van der Waals surface area contributed by atoms with Gasteiger partial charge in [0.2, 0.25) is 0 Å². The summed E-state index contributed by atoms with van der Waals surface area (Å²) in [5.74, 6) is 0.745. The van der Waals surface area contributed by atoms with Crippen molar-refractivity contribution in [1.29, 1.82) is 0 Å². The highest BCUT2D eigenvalue weighted by molar-refractivity contribution is 8.13. The molecule has 0 spiro atoms. The van der Waals surface area contributed by atoms with Crippen LogP contribution in [-0.4, -0.2) is 41.2 Å². The van der Waals surface area contributed by atoms with E-state index in [4.69, 9.17) is 24.0 Å². The molecule has 0 aliphatic carbocycles. The van der Waals surface area contributed by atoms with Gasteiger partial charge < -0.3 is 24.0 Å². The third-order valence-corrected chi connectivity index (χ3v) is 5.30. The van der Waals surface area contributed by atoms with Crippen LogP contribution < -0.4 is 9.47 Å². The van der Waals surface area contributed by atoms with Crippen LogP contribution in [0.4, 0.5) is 10.5 Å². The summed E-state index contributed by atoms with van der Waals surface area (Å²) in [5.41, 5.74) is 0.465. The SMILES string of the molecule is COc1cc(N=O)c(C(OC(=O)SCCCP(=O)(O)O)C(C)C)cc1OC. The molecule has 1 aromatic carbocycles. The Morgan fingerprint density at radius 3 is 2.30 bits per heavy atom. The van der Waals surface area contributed by atoms with Crippen molar-refractivity contribution < 1.29 is 33.4 Å². The van der Waals surface area contributed by atoms with Crippen molar-refractivity contribution in [1.82, 2.24) is 0 Å². The number of ether oxygens (including phenoxy) is 3. The zero-order valence-corrected chi connectivity index (χ0v) is 17.3. The van der Waals surface area contributed by atoms with Crippen LogP contribution in [0.25, 0.3) is 0 Å². The van der Waals surface area contributed by atoms with E-state index >= 15 is 0 Å². The third kappa shape index (κ3) is 7.50. The second-order valence-corrected chi connectivity index (χ2v) is 8.79. The highest BCUT2D eigenvalue weighted by Crippen LogP contribution is 2.41. The van der Waals surface area contributed by atoms with Crippen LogP contribution in [-0.2, 0) is 9.30 Å². The number of methoxy groups -OCH3 is 2. The summed E-state index contributed by atoms with van der Waals surface area (Å²) in [6.07, 6.45) is -0.872.